The highest BCUT2D eigenvalue weighted by atomic mass is 35.5. The smallest absolute Gasteiger partial charge is 0.261 e. The number of benzene rings is 3. The molecule has 5 nitrogen and oxygen atoms in total. The van der Waals surface area contributed by atoms with E-state index in [0.29, 0.717) is 23.6 Å². The number of fused-ring (bicyclic) bond motifs is 2. The van der Waals surface area contributed by atoms with Crippen LogP contribution in [-0.2, 0) is 16.8 Å². The molecule has 0 radical (unpaired) electrons. The molecular weight excluding hydrogens is 422 g/mol. The number of guanidine groups is 1. The van der Waals surface area contributed by atoms with Gasteiger partial charge >= 0.3 is 0 Å². The number of carbonyl (C=O) groups excluding carboxylic acids is 1. The lowest BCUT2D eigenvalue weighted by atomic mass is 9.74. The van der Waals surface area contributed by atoms with Crippen molar-refractivity contribution in [3.05, 3.63) is 88.9 Å². The third-order valence-electron chi connectivity index (χ3n) is 6.30. The van der Waals surface area contributed by atoms with Gasteiger partial charge in [0.05, 0.1) is 0 Å². The fourth-order valence-electron chi connectivity index (χ4n) is 4.84. The first-order valence-electron chi connectivity index (χ1n) is 10.6. The van der Waals surface area contributed by atoms with Crippen LogP contribution in [0.15, 0.2) is 77.8 Å². The first kappa shape index (κ1) is 20.6. The minimum Gasteiger partial charge on any atom is -0.487 e. The molecule has 5 rings (SSSR count). The van der Waals surface area contributed by atoms with Crippen molar-refractivity contribution in [1.82, 2.24) is 4.90 Å². The predicted molar refractivity (Wildman–Crippen MR) is 127 cm³/mol. The summed E-state index contributed by atoms with van der Waals surface area (Å²) in [5, 5.41) is 0.653. The van der Waals surface area contributed by atoms with Gasteiger partial charge in [0.25, 0.3) is 5.91 Å². The van der Waals surface area contributed by atoms with E-state index in [4.69, 9.17) is 27.1 Å². The molecule has 0 fully saturated rings. The molecule has 2 heterocycles. The summed E-state index contributed by atoms with van der Waals surface area (Å²) >= 11 is 6.21. The van der Waals surface area contributed by atoms with Crippen LogP contribution in [0.25, 0.3) is 11.1 Å². The Morgan fingerprint density at radius 1 is 1.06 bits per heavy atom. The van der Waals surface area contributed by atoms with Crippen molar-refractivity contribution in [3.8, 4) is 16.9 Å². The van der Waals surface area contributed by atoms with Crippen LogP contribution >= 0.6 is 11.6 Å². The van der Waals surface area contributed by atoms with E-state index >= 15 is 0 Å². The van der Waals surface area contributed by atoms with Crippen LogP contribution in [0.5, 0.6) is 5.75 Å². The average Bonchev–Trinajstić information content (AvgIpc) is 2.97. The maximum Gasteiger partial charge on any atom is 0.261 e. The summed E-state index contributed by atoms with van der Waals surface area (Å²) in [7, 11) is 1.67. The Morgan fingerprint density at radius 2 is 1.81 bits per heavy atom. The molecule has 3 aromatic carbocycles. The van der Waals surface area contributed by atoms with Gasteiger partial charge in [0.15, 0.2) is 11.5 Å². The maximum atomic E-state index is 13.6. The van der Waals surface area contributed by atoms with Crippen LogP contribution in [0, 0.1) is 0 Å². The number of nitrogens with two attached hydrogens (primary N) is 1. The van der Waals surface area contributed by atoms with Crippen molar-refractivity contribution in [2.45, 2.75) is 30.9 Å². The standard InChI is InChI=1S/C26H24ClN3O2/c1-25(15-17-7-4-3-5-8-17)16-26(23(31)30(2)24(28)29-26)21-14-19(11-12-22(21)32-25)18-9-6-10-20(27)13-18/h3-14H,15-16H2,1-2H3,(H2,28,29)/t25-,26?/m1/s1. The maximum absolute atomic E-state index is 13.6. The summed E-state index contributed by atoms with van der Waals surface area (Å²) < 4.78 is 6.54. The summed E-state index contributed by atoms with van der Waals surface area (Å²) in [6, 6.07) is 23.7. The molecule has 6 heteroatoms. The van der Waals surface area contributed by atoms with Crippen molar-refractivity contribution in [1.29, 1.82) is 0 Å². The van der Waals surface area contributed by atoms with Gasteiger partial charge in [-0.1, -0.05) is 60.1 Å². The molecule has 3 aromatic rings. The van der Waals surface area contributed by atoms with Crippen LogP contribution in [-0.4, -0.2) is 29.4 Å². The number of rotatable bonds is 3. The number of ether oxygens (including phenoxy) is 1. The highest BCUT2D eigenvalue weighted by Gasteiger charge is 2.56. The van der Waals surface area contributed by atoms with Gasteiger partial charge in [-0.25, -0.2) is 4.99 Å². The molecule has 162 valence electrons. The Labute approximate surface area is 192 Å². The molecule has 1 spiro atoms. The normalized spacial score (nSPS) is 24.3. The van der Waals surface area contributed by atoms with Crippen molar-refractivity contribution >= 4 is 23.5 Å². The molecule has 2 atom stereocenters. The number of nitrogens with zero attached hydrogens (tertiary/aromatic N) is 2. The van der Waals surface area contributed by atoms with Gasteiger partial charge in [-0.2, -0.15) is 0 Å². The van der Waals surface area contributed by atoms with E-state index in [1.54, 1.807) is 7.05 Å². The third-order valence-corrected chi connectivity index (χ3v) is 6.53. The molecule has 1 amide bonds. The van der Waals surface area contributed by atoms with Gasteiger partial charge in [-0.3, -0.25) is 9.69 Å². The fourth-order valence-corrected chi connectivity index (χ4v) is 5.03. The first-order valence-corrected chi connectivity index (χ1v) is 10.9. The highest BCUT2D eigenvalue weighted by molar-refractivity contribution is 6.30. The second kappa shape index (κ2) is 7.38. The lowest BCUT2D eigenvalue weighted by molar-refractivity contribution is -0.133. The Morgan fingerprint density at radius 3 is 2.50 bits per heavy atom. The molecule has 1 unspecified atom stereocenters. The zero-order valence-corrected chi connectivity index (χ0v) is 18.8. The van der Waals surface area contributed by atoms with E-state index in [0.717, 1.165) is 22.3 Å². The van der Waals surface area contributed by atoms with Gasteiger partial charge < -0.3 is 10.5 Å². The van der Waals surface area contributed by atoms with Gasteiger partial charge in [0.1, 0.15) is 11.4 Å². The molecule has 0 aliphatic carbocycles. The summed E-state index contributed by atoms with van der Waals surface area (Å²) in [4.78, 5) is 19.7. The minimum atomic E-state index is -1.12. The van der Waals surface area contributed by atoms with Gasteiger partial charge in [-0.05, 0) is 47.9 Å². The van der Waals surface area contributed by atoms with Crippen LogP contribution in [0.4, 0.5) is 0 Å². The summed E-state index contributed by atoms with van der Waals surface area (Å²) in [5.74, 6) is 0.737. The van der Waals surface area contributed by atoms with E-state index < -0.39 is 11.1 Å². The minimum absolute atomic E-state index is 0.137. The van der Waals surface area contributed by atoms with Crippen molar-refractivity contribution < 1.29 is 9.53 Å². The number of amides is 1. The van der Waals surface area contributed by atoms with Gasteiger partial charge in [0.2, 0.25) is 0 Å². The molecule has 2 N–H and O–H groups in total. The van der Waals surface area contributed by atoms with Crippen LogP contribution in [0.2, 0.25) is 5.02 Å². The Hall–Kier alpha value is -3.31. The lowest BCUT2D eigenvalue weighted by Crippen LogP contribution is -2.51. The van der Waals surface area contributed by atoms with Crippen LogP contribution < -0.4 is 10.5 Å². The quantitative estimate of drug-likeness (QED) is 0.631. The predicted octanol–water partition coefficient (Wildman–Crippen LogP) is 4.77. The van der Waals surface area contributed by atoms with Crippen molar-refractivity contribution in [2.75, 3.05) is 7.05 Å². The third kappa shape index (κ3) is 3.33. The number of hydrogen-bond donors (Lipinski definition) is 1. The highest BCUT2D eigenvalue weighted by Crippen LogP contribution is 2.50. The molecule has 0 saturated heterocycles. The largest absolute Gasteiger partial charge is 0.487 e. The Kier molecular flexibility index (Phi) is 4.75. The van der Waals surface area contributed by atoms with E-state index in [1.165, 1.54) is 4.90 Å². The van der Waals surface area contributed by atoms with Crippen LogP contribution in [0.3, 0.4) is 0 Å². The van der Waals surface area contributed by atoms with Gasteiger partial charge in [0, 0.05) is 30.5 Å². The zero-order valence-electron chi connectivity index (χ0n) is 18.0. The second-order valence-corrected chi connectivity index (χ2v) is 9.24. The zero-order chi connectivity index (χ0) is 22.5. The SMILES string of the molecule is CN1C(=O)C2(C[C@@](C)(Cc3ccccc3)Oc3ccc(-c4cccc(Cl)c4)cc32)N=C1N. The van der Waals surface area contributed by atoms with Crippen molar-refractivity contribution in [2.24, 2.45) is 10.7 Å². The topological polar surface area (TPSA) is 67.9 Å². The van der Waals surface area contributed by atoms with E-state index in [2.05, 4.69) is 12.1 Å². The summed E-state index contributed by atoms with van der Waals surface area (Å²) in [6.07, 6.45) is 1.04. The second-order valence-electron chi connectivity index (χ2n) is 8.81. The number of aliphatic imine (C=N–C) groups is 1. The molecular formula is C26H24ClN3O2. The number of halogens is 1. The first-order chi connectivity index (χ1) is 15.3. The fraction of sp³-hybridized carbons (Fsp3) is 0.231. The molecule has 32 heavy (non-hydrogen) atoms. The lowest BCUT2D eigenvalue weighted by Gasteiger charge is -2.43. The van der Waals surface area contributed by atoms with Crippen molar-refractivity contribution in [3.63, 3.8) is 0 Å². The summed E-state index contributed by atoms with van der Waals surface area (Å²) in [6.45, 7) is 2.03. The molecule has 0 aromatic heterocycles. The summed E-state index contributed by atoms with van der Waals surface area (Å²) in [5.41, 5.74) is 8.17. The Balaban J connectivity index is 1.65. The van der Waals surface area contributed by atoms with E-state index in [1.807, 2.05) is 67.6 Å². The number of hydrogen-bond acceptors (Lipinski definition) is 4. The average molecular weight is 446 g/mol. The molecule has 0 saturated carbocycles. The Bertz CT molecular complexity index is 1240. The number of likely N-dealkylation sites (N-methyl/N-ethyl adjacent to an activating group) is 1. The van der Waals surface area contributed by atoms with E-state index in [-0.39, 0.29) is 11.9 Å². The molecule has 2 aliphatic heterocycles. The number of carbonyl (C=O) groups is 1. The van der Waals surface area contributed by atoms with Gasteiger partial charge in [-0.15, -0.1) is 0 Å². The molecule has 0 bridgehead atoms. The molecule has 2 aliphatic rings. The van der Waals surface area contributed by atoms with Crippen LogP contribution in [0.1, 0.15) is 24.5 Å². The van der Waals surface area contributed by atoms with E-state index in [9.17, 15) is 4.79 Å². The monoisotopic (exact) mass is 445 g/mol.